The number of carbonyl (C=O) groups is 1. The van der Waals surface area contributed by atoms with Crippen molar-refractivity contribution in [2.24, 2.45) is 7.05 Å². The van der Waals surface area contributed by atoms with E-state index in [4.69, 9.17) is 11.6 Å². The summed E-state index contributed by atoms with van der Waals surface area (Å²) in [6.45, 7) is 0.507. The Morgan fingerprint density at radius 1 is 0.889 bits per heavy atom. The molecule has 0 saturated carbocycles. The van der Waals surface area contributed by atoms with Crippen LogP contribution in [0.2, 0.25) is 5.02 Å². The fraction of sp³-hybridized carbons (Fsp3) is 0.107. The summed E-state index contributed by atoms with van der Waals surface area (Å²) in [5.74, 6) is 0.956. The van der Waals surface area contributed by atoms with Crippen LogP contribution in [-0.4, -0.2) is 26.4 Å². The maximum Gasteiger partial charge on any atom is 0.242 e. The third kappa shape index (κ3) is 5.37. The molecule has 4 aromatic carbocycles. The number of anilines is 3. The number of nitrogens with zero attached hydrogens (tertiary/aromatic N) is 4. The molecule has 0 aliphatic carbocycles. The number of rotatable bonds is 8. The molecule has 1 amide bonds. The van der Waals surface area contributed by atoms with Gasteiger partial charge in [-0.2, -0.15) is 0 Å². The first-order valence-electron chi connectivity index (χ1n) is 11.5. The average molecular weight is 514 g/mol. The molecule has 180 valence electrons. The number of hydrogen-bond acceptors (Lipinski definition) is 5. The smallest absolute Gasteiger partial charge is 0.242 e. The zero-order valence-electron chi connectivity index (χ0n) is 19.6. The van der Waals surface area contributed by atoms with Gasteiger partial charge in [0.2, 0.25) is 5.91 Å². The van der Waals surface area contributed by atoms with Gasteiger partial charge in [-0.3, -0.25) is 9.69 Å². The van der Waals surface area contributed by atoms with E-state index < -0.39 is 0 Å². The second-order valence-corrected chi connectivity index (χ2v) is 9.58. The first kappa shape index (κ1) is 23.9. The Hall–Kier alpha value is -3.81. The van der Waals surface area contributed by atoms with Crippen LogP contribution in [0.5, 0.6) is 0 Å². The Bertz CT molecular complexity index is 1490. The molecular formula is C28H24ClN5OS. The van der Waals surface area contributed by atoms with Crippen LogP contribution in [0.25, 0.3) is 10.8 Å². The van der Waals surface area contributed by atoms with E-state index in [1.54, 1.807) is 4.90 Å². The third-order valence-electron chi connectivity index (χ3n) is 5.80. The van der Waals surface area contributed by atoms with Crippen molar-refractivity contribution in [2.45, 2.75) is 11.7 Å². The molecule has 36 heavy (non-hydrogen) atoms. The lowest BCUT2D eigenvalue weighted by Gasteiger charge is -2.23. The van der Waals surface area contributed by atoms with Crippen molar-refractivity contribution in [3.8, 4) is 0 Å². The first-order chi connectivity index (χ1) is 17.6. The number of halogens is 1. The van der Waals surface area contributed by atoms with Crippen LogP contribution >= 0.6 is 23.4 Å². The van der Waals surface area contributed by atoms with Crippen molar-refractivity contribution in [1.82, 2.24) is 14.8 Å². The Morgan fingerprint density at radius 2 is 1.61 bits per heavy atom. The van der Waals surface area contributed by atoms with Gasteiger partial charge < -0.3 is 9.88 Å². The second kappa shape index (κ2) is 10.8. The van der Waals surface area contributed by atoms with Crippen LogP contribution in [0, 0.1) is 0 Å². The largest absolute Gasteiger partial charge is 0.378 e. The van der Waals surface area contributed by atoms with Crippen molar-refractivity contribution in [3.05, 3.63) is 108 Å². The van der Waals surface area contributed by atoms with Crippen LogP contribution in [0.4, 0.5) is 17.1 Å². The van der Waals surface area contributed by atoms with Crippen molar-refractivity contribution in [3.63, 3.8) is 0 Å². The molecule has 0 aliphatic rings. The number of para-hydroxylation sites is 1. The lowest BCUT2D eigenvalue weighted by molar-refractivity contribution is -0.115. The second-order valence-electron chi connectivity index (χ2n) is 8.20. The highest BCUT2D eigenvalue weighted by molar-refractivity contribution is 7.99. The van der Waals surface area contributed by atoms with Gasteiger partial charge in [0.05, 0.1) is 12.3 Å². The molecule has 0 spiro atoms. The summed E-state index contributed by atoms with van der Waals surface area (Å²) in [6.07, 6.45) is 0. The number of benzene rings is 4. The van der Waals surface area contributed by atoms with E-state index in [0.29, 0.717) is 16.7 Å². The van der Waals surface area contributed by atoms with Gasteiger partial charge in [0.1, 0.15) is 0 Å². The van der Waals surface area contributed by atoms with Crippen molar-refractivity contribution < 1.29 is 4.79 Å². The van der Waals surface area contributed by atoms with Gasteiger partial charge in [0, 0.05) is 29.1 Å². The van der Waals surface area contributed by atoms with Gasteiger partial charge in [-0.05, 0) is 59.3 Å². The summed E-state index contributed by atoms with van der Waals surface area (Å²) in [5, 5.41) is 15.5. The molecular weight excluding hydrogens is 490 g/mol. The monoisotopic (exact) mass is 513 g/mol. The van der Waals surface area contributed by atoms with Gasteiger partial charge in [0.15, 0.2) is 11.0 Å². The Balaban J connectivity index is 1.31. The zero-order chi connectivity index (χ0) is 24.9. The van der Waals surface area contributed by atoms with Gasteiger partial charge in [-0.1, -0.05) is 71.9 Å². The van der Waals surface area contributed by atoms with Crippen LogP contribution in [0.3, 0.4) is 0 Å². The molecule has 0 aliphatic heterocycles. The van der Waals surface area contributed by atoms with Crippen molar-refractivity contribution in [1.29, 1.82) is 0 Å². The van der Waals surface area contributed by atoms with E-state index in [1.807, 2.05) is 96.5 Å². The Kier molecular flexibility index (Phi) is 7.21. The normalized spacial score (nSPS) is 10.9. The van der Waals surface area contributed by atoms with Gasteiger partial charge >= 0.3 is 0 Å². The number of nitrogens with one attached hydrogen (secondary N) is 1. The van der Waals surface area contributed by atoms with Crippen molar-refractivity contribution in [2.75, 3.05) is 16.0 Å². The SMILES string of the molecule is Cn1c(CNc2ccc(Cl)cc2)nnc1SCC(=O)N(c1ccccc1)c1ccc2ccccc2c1. The average Bonchev–Trinajstić information content (AvgIpc) is 3.27. The van der Waals surface area contributed by atoms with E-state index in [0.717, 1.165) is 33.7 Å². The molecule has 5 rings (SSSR count). The minimum atomic E-state index is -0.0367. The van der Waals surface area contributed by atoms with E-state index in [2.05, 4.69) is 27.6 Å². The third-order valence-corrected chi connectivity index (χ3v) is 7.06. The molecule has 0 atom stereocenters. The van der Waals surface area contributed by atoms with Crippen molar-refractivity contribution >= 4 is 57.1 Å². The number of carbonyl (C=O) groups excluding carboxylic acids is 1. The van der Waals surface area contributed by atoms with Gasteiger partial charge in [-0.15, -0.1) is 10.2 Å². The summed E-state index contributed by atoms with van der Waals surface area (Å²) in [5.41, 5.74) is 2.60. The highest BCUT2D eigenvalue weighted by Gasteiger charge is 2.20. The van der Waals surface area contributed by atoms with E-state index in [1.165, 1.54) is 11.8 Å². The molecule has 0 radical (unpaired) electrons. The summed E-state index contributed by atoms with van der Waals surface area (Å²) in [6, 6.07) is 31.4. The van der Waals surface area contributed by atoms with Crippen LogP contribution in [0.1, 0.15) is 5.82 Å². The predicted octanol–water partition coefficient (Wildman–Crippen LogP) is 6.69. The zero-order valence-corrected chi connectivity index (χ0v) is 21.2. The van der Waals surface area contributed by atoms with E-state index in [-0.39, 0.29) is 11.7 Å². The van der Waals surface area contributed by atoms with E-state index >= 15 is 0 Å². The van der Waals surface area contributed by atoms with Gasteiger partial charge in [0.25, 0.3) is 0 Å². The summed E-state index contributed by atoms with van der Waals surface area (Å²) in [4.78, 5) is 15.3. The quantitative estimate of drug-likeness (QED) is 0.234. The lowest BCUT2D eigenvalue weighted by atomic mass is 10.1. The number of thioether (sulfide) groups is 1. The topological polar surface area (TPSA) is 63.1 Å². The lowest BCUT2D eigenvalue weighted by Crippen LogP contribution is -2.27. The van der Waals surface area contributed by atoms with Gasteiger partial charge in [-0.25, -0.2) is 0 Å². The first-order valence-corrected chi connectivity index (χ1v) is 12.8. The molecule has 1 heterocycles. The minimum Gasteiger partial charge on any atom is -0.378 e. The summed E-state index contributed by atoms with van der Waals surface area (Å²) in [7, 11) is 1.91. The molecule has 8 heteroatoms. The highest BCUT2D eigenvalue weighted by atomic mass is 35.5. The molecule has 6 nitrogen and oxygen atoms in total. The number of hydrogen-bond donors (Lipinski definition) is 1. The Labute approximate surface area is 218 Å². The van der Waals surface area contributed by atoms with E-state index in [9.17, 15) is 4.79 Å². The molecule has 1 N–H and O–H groups in total. The number of aromatic nitrogens is 3. The minimum absolute atomic E-state index is 0.0367. The molecule has 0 unspecified atom stereocenters. The number of amides is 1. The Morgan fingerprint density at radius 3 is 2.39 bits per heavy atom. The molecule has 0 fully saturated rings. The summed E-state index contributed by atoms with van der Waals surface area (Å²) < 4.78 is 1.91. The molecule has 0 saturated heterocycles. The predicted molar refractivity (Wildman–Crippen MR) is 148 cm³/mol. The van der Waals surface area contributed by atoms with Crippen LogP contribution in [0.15, 0.2) is 102 Å². The number of fused-ring (bicyclic) bond motifs is 1. The molecule has 5 aromatic rings. The fourth-order valence-corrected chi connectivity index (χ4v) is 4.80. The maximum absolute atomic E-state index is 13.5. The van der Waals surface area contributed by atoms with Crippen LogP contribution in [-0.2, 0) is 18.4 Å². The standard InChI is InChI=1S/C28H24ClN5OS/c1-33-26(18-30-23-14-12-22(29)13-15-23)31-32-28(33)36-19-27(35)34(24-9-3-2-4-10-24)25-16-11-20-7-5-6-8-21(20)17-25/h2-17,30H,18-19H2,1H3. The molecule has 1 aromatic heterocycles. The molecule has 0 bridgehead atoms. The highest BCUT2D eigenvalue weighted by Crippen LogP contribution is 2.30. The summed E-state index contributed by atoms with van der Waals surface area (Å²) >= 11 is 7.33. The van der Waals surface area contributed by atoms with Crippen LogP contribution < -0.4 is 10.2 Å². The maximum atomic E-state index is 13.5. The fourth-order valence-electron chi connectivity index (χ4n) is 3.89.